The number of fused-ring (bicyclic) bond motifs is 1. The Kier molecular flexibility index (Phi) is 4.57. The molecule has 1 amide bonds. The zero-order valence-electron chi connectivity index (χ0n) is 11.4. The van der Waals surface area contributed by atoms with E-state index in [-0.39, 0.29) is 11.7 Å². The van der Waals surface area contributed by atoms with Crippen LogP contribution < -0.4 is 11.1 Å². The summed E-state index contributed by atoms with van der Waals surface area (Å²) in [6.45, 7) is 3.10. The molecular formula is C14H19N3O3. The number of rotatable bonds is 5. The normalized spacial score (nSPS) is 15.8. The molecule has 0 aliphatic carbocycles. The standard InChI is InChI=1S/C14H19N3O3/c1-2-3-12(13(15)17-19)16-14(18)9-4-5-10-7-20-8-11(10)6-9/h4-6,12,19H,2-3,7-8H2,1H3,(H2,15,17)(H,16,18). The summed E-state index contributed by atoms with van der Waals surface area (Å²) >= 11 is 0. The number of carbonyl (C=O) groups excluding carboxylic acids is 1. The second kappa shape index (κ2) is 6.38. The number of nitrogens with one attached hydrogen (secondary N) is 1. The van der Waals surface area contributed by atoms with Crippen LogP contribution in [0.25, 0.3) is 0 Å². The number of ether oxygens (including phenoxy) is 1. The van der Waals surface area contributed by atoms with E-state index in [0.29, 0.717) is 25.2 Å². The fraction of sp³-hybridized carbons (Fsp3) is 0.429. The van der Waals surface area contributed by atoms with Crippen LogP contribution in [0.2, 0.25) is 0 Å². The fourth-order valence-electron chi connectivity index (χ4n) is 2.21. The lowest BCUT2D eigenvalue weighted by molar-refractivity contribution is 0.0944. The minimum Gasteiger partial charge on any atom is -0.409 e. The van der Waals surface area contributed by atoms with Crippen molar-refractivity contribution in [2.75, 3.05) is 0 Å². The van der Waals surface area contributed by atoms with E-state index in [0.717, 1.165) is 17.5 Å². The Morgan fingerprint density at radius 3 is 2.95 bits per heavy atom. The predicted octanol–water partition coefficient (Wildman–Crippen LogP) is 1.36. The van der Waals surface area contributed by atoms with E-state index in [1.165, 1.54) is 0 Å². The Morgan fingerprint density at radius 2 is 2.25 bits per heavy atom. The summed E-state index contributed by atoms with van der Waals surface area (Å²) in [7, 11) is 0. The van der Waals surface area contributed by atoms with Crippen LogP contribution in [0.15, 0.2) is 23.4 Å². The first-order valence-corrected chi connectivity index (χ1v) is 6.63. The molecule has 1 heterocycles. The molecule has 6 nitrogen and oxygen atoms in total. The molecule has 1 aromatic rings. The van der Waals surface area contributed by atoms with Crippen LogP contribution in [0.3, 0.4) is 0 Å². The Balaban J connectivity index is 2.10. The Morgan fingerprint density at radius 1 is 1.50 bits per heavy atom. The summed E-state index contributed by atoms with van der Waals surface area (Å²) < 4.78 is 5.32. The van der Waals surface area contributed by atoms with Crippen LogP contribution in [0.1, 0.15) is 41.3 Å². The summed E-state index contributed by atoms with van der Waals surface area (Å²) in [6.07, 6.45) is 1.44. The Bertz CT molecular complexity index is 528. The molecule has 0 bridgehead atoms. The smallest absolute Gasteiger partial charge is 0.251 e. The Hall–Kier alpha value is -2.08. The largest absolute Gasteiger partial charge is 0.409 e. The minimum atomic E-state index is -0.456. The summed E-state index contributed by atoms with van der Waals surface area (Å²) in [6, 6.07) is 5.03. The number of benzene rings is 1. The van der Waals surface area contributed by atoms with Crippen molar-refractivity contribution in [2.45, 2.75) is 39.0 Å². The number of hydrogen-bond acceptors (Lipinski definition) is 4. The van der Waals surface area contributed by atoms with Crippen molar-refractivity contribution >= 4 is 11.7 Å². The number of oxime groups is 1. The van der Waals surface area contributed by atoms with Gasteiger partial charge in [0.15, 0.2) is 5.84 Å². The second-order valence-electron chi connectivity index (χ2n) is 4.82. The van der Waals surface area contributed by atoms with Gasteiger partial charge in [0.25, 0.3) is 5.91 Å². The first-order valence-electron chi connectivity index (χ1n) is 6.63. The van der Waals surface area contributed by atoms with Crippen LogP contribution in [0.4, 0.5) is 0 Å². The highest BCUT2D eigenvalue weighted by Crippen LogP contribution is 2.20. The van der Waals surface area contributed by atoms with Crippen molar-refractivity contribution in [1.29, 1.82) is 0 Å². The molecule has 4 N–H and O–H groups in total. The maximum Gasteiger partial charge on any atom is 0.251 e. The first kappa shape index (κ1) is 14.3. The lowest BCUT2D eigenvalue weighted by Crippen LogP contribution is -2.44. The number of hydrogen-bond donors (Lipinski definition) is 3. The van der Waals surface area contributed by atoms with Crippen molar-refractivity contribution in [2.24, 2.45) is 10.9 Å². The molecule has 1 atom stereocenters. The molecule has 6 heteroatoms. The molecule has 0 saturated heterocycles. The van der Waals surface area contributed by atoms with Gasteiger partial charge in [0.2, 0.25) is 0 Å². The third kappa shape index (κ3) is 3.08. The van der Waals surface area contributed by atoms with E-state index >= 15 is 0 Å². The van der Waals surface area contributed by atoms with Crippen LogP contribution in [-0.2, 0) is 18.0 Å². The van der Waals surface area contributed by atoms with Gasteiger partial charge in [-0.1, -0.05) is 24.6 Å². The topological polar surface area (TPSA) is 96.9 Å². The van der Waals surface area contributed by atoms with Gasteiger partial charge in [-0.3, -0.25) is 4.79 Å². The summed E-state index contributed by atoms with van der Waals surface area (Å²) in [5.41, 5.74) is 8.29. The summed E-state index contributed by atoms with van der Waals surface area (Å²) in [5.74, 6) is -0.213. The van der Waals surface area contributed by atoms with Crippen LogP contribution in [0, 0.1) is 0 Å². The molecule has 1 aliphatic heterocycles. The maximum absolute atomic E-state index is 12.2. The molecule has 0 fully saturated rings. The van der Waals surface area contributed by atoms with Gasteiger partial charge in [-0.15, -0.1) is 0 Å². The average molecular weight is 277 g/mol. The van der Waals surface area contributed by atoms with Gasteiger partial charge in [0.1, 0.15) is 0 Å². The third-order valence-electron chi connectivity index (χ3n) is 3.34. The first-order chi connectivity index (χ1) is 9.65. The number of amidine groups is 1. The SMILES string of the molecule is CCCC(NC(=O)c1ccc2c(c1)COC2)C(N)=NO. The van der Waals surface area contributed by atoms with Gasteiger partial charge in [-0.2, -0.15) is 0 Å². The molecular weight excluding hydrogens is 258 g/mol. The van der Waals surface area contributed by atoms with Gasteiger partial charge in [0, 0.05) is 5.56 Å². The Labute approximate surface area is 117 Å². The predicted molar refractivity (Wildman–Crippen MR) is 74.5 cm³/mol. The fourth-order valence-corrected chi connectivity index (χ4v) is 2.21. The number of amides is 1. The lowest BCUT2D eigenvalue weighted by atomic mass is 10.0. The molecule has 2 rings (SSSR count). The van der Waals surface area contributed by atoms with E-state index in [1.807, 2.05) is 19.1 Å². The maximum atomic E-state index is 12.2. The third-order valence-corrected chi connectivity index (χ3v) is 3.34. The van der Waals surface area contributed by atoms with Crippen LogP contribution in [0.5, 0.6) is 0 Å². The van der Waals surface area contributed by atoms with Crippen LogP contribution >= 0.6 is 0 Å². The van der Waals surface area contributed by atoms with Gasteiger partial charge in [-0.05, 0) is 29.7 Å². The van der Waals surface area contributed by atoms with Gasteiger partial charge < -0.3 is 21.0 Å². The zero-order chi connectivity index (χ0) is 14.5. The molecule has 1 aliphatic rings. The summed E-state index contributed by atoms with van der Waals surface area (Å²) in [5, 5.41) is 14.5. The molecule has 0 aromatic heterocycles. The number of nitrogens with two attached hydrogens (primary N) is 1. The minimum absolute atomic E-state index is 0.0182. The quantitative estimate of drug-likeness (QED) is 0.327. The monoisotopic (exact) mass is 277 g/mol. The highest BCUT2D eigenvalue weighted by Gasteiger charge is 2.19. The van der Waals surface area contributed by atoms with Crippen molar-refractivity contribution < 1.29 is 14.7 Å². The van der Waals surface area contributed by atoms with E-state index in [9.17, 15) is 4.79 Å². The van der Waals surface area contributed by atoms with Gasteiger partial charge in [0.05, 0.1) is 19.3 Å². The van der Waals surface area contributed by atoms with E-state index in [4.69, 9.17) is 15.7 Å². The molecule has 20 heavy (non-hydrogen) atoms. The van der Waals surface area contributed by atoms with Gasteiger partial charge >= 0.3 is 0 Å². The molecule has 1 aromatic carbocycles. The van der Waals surface area contributed by atoms with E-state index in [2.05, 4.69) is 10.5 Å². The van der Waals surface area contributed by atoms with Crippen molar-refractivity contribution in [3.05, 3.63) is 34.9 Å². The van der Waals surface area contributed by atoms with E-state index in [1.54, 1.807) is 6.07 Å². The average Bonchev–Trinajstić information content (AvgIpc) is 2.93. The molecule has 108 valence electrons. The highest BCUT2D eigenvalue weighted by molar-refractivity contribution is 5.98. The highest BCUT2D eigenvalue weighted by atomic mass is 16.5. The van der Waals surface area contributed by atoms with Crippen LogP contribution in [-0.4, -0.2) is 23.0 Å². The van der Waals surface area contributed by atoms with Gasteiger partial charge in [-0.25, -0.2) is 0 Å². The second-order valence-corrected chi connectivity index (χ2v) is 4.82. The molecule has 0 radical (unpaired) electrons. The van der Waals surface area contributed by atoms with Crippen molar-refractivity contribution in [1.82, 2.24) is 5.32 Å². The number of nitrogens with zero attached hydrogens (tertiary/aromatic N) is 1. The van der Waals surface area contributed by atoms with Crippen molar-refractivity contribution in [3.63, 3.8) is 0 Å². The lowest BCUT2D eigenvalue weighted by Gasteiger charge is -2.16. The molecule has 0 spiro atoms. The van der Waals surface area contributed by atoms with E-state index < -0.39 is 6.04 Å². The molecule has 1 unspecified atom stereocenters. The van der Waals surface area contributed by atoms with Crippen molar-refractivity contribution in [3.8, 4) is 0 Å². The zero-order valence-corrected chi connectivity index (χ0v) is 11.4. The molecule has 0 saturated carbocycles. The number of carbonyl (C=O) groups is 1. The summed E-state index contributed by atoms with van der Waals surface area (Å²) in [4.78, 5) is 12.2.